The topological polar surface area (TPSA) is 59.1 Å². The molecule has 21 heavy (non-hydrogen) atoms. The van der Waals surface area contributed by atoms with Crippen LogP contribution in [0.4, 0.5) is 13.2 Å². The molecular formula is C14H10ClF3N2O. The first kappa shape index (κ1) is 15.2. The smallest absolute Gasteiger partial charge is 0.416 e. The number of nitrogen functional groups attached to an aromatic ring is 1. The minimum atomic E-state index is -4.51. The molecule has 0 aromatic heterocycles. The van der Waals surface area contributed by atoms with E-state index >= 15 is 0 Å². The number of benzene rings is 2. The maximum atomic E-state index is 12.7. The number of rotatable bonds is 3. The summed E-state index contributed by atoms with van der Waals surface area (Å²) in [6, 6.07) is 9.07. The maximum absolute atomic E-state index is 12.7. The van der Waals surface area contributed by atoms with Crippen LogP contribution in [0.5, 0.6) is 11.5 Å². The third-order valence-electron chi connectivity index (χ3n) is 2.64. The number of hydrogen-bond acceptors (Lipinski definition) is 2. The van der Waals surface area contributed by atoms with Crippen LogP contribution >= 0.6 is 11.6 Å². The van der Waals surface area contributed by atoms with E-state index in [0.717, 1.165) is 18.2 Å². The third kappa shape index (κ3) is 3.66. The maximum Gasteiger partial charge on any atom is 0.416 e. The Labute approximate surface area is 123 Å². The van der Waals surface area contributed by atoms with Gasteiger partial charge in [0.15, 0.2) is 0 Å². The monoisotopic (exact) mass is 314 g/mol. The molecule has 0 bridgehead atoms. The summed E-state index contributed by atoms with van der Waals surface area (Å²) in [5, 5.41) is 7.89. The molecular weight excluding hydrogens is 305 g/mol. The van der Waals surface area contributed by atoms with Crippen molar-refractivity contribution >= 4 is 17.4 Å². The Kier molecular flexibility index (Phi) is 4.09. The minimum absolute atomic E-state index is 0.0674. The molecule has 0 radical (unpaired) electrons. The summed E-state index contributed by atoms with van der Waals surface area (Å²) in [7, 11) is 0. The highest BCUT2D eigenvalue weighted by atomic mass is 35.5. The minimum Gasteiger partial charge on any atom is -0.457 e. The van der Waals surface area contributed by atoms with Crippen molar-refractivity contribution in [2.24, 2.45) is 5.73 Å². The molecule has 0 aliphatic rings. The number of alkyl halides is 3. The van der Waals surface area contributed by atoms with E-state index in [1.807, 2.05) is 0 Å². The fourth-order valence-electron chi connectivity index (χ4n) is 1.64. The first-order valence-electron chi connectivity index (χ1n) is 5.76. The molecule has 2 aromatic carbocycles. The molecule has 0 unspecified atom stereocenters. The molecule has 2 rings (SSSR count). The van der Waals surface area contributed by atoms with Crippen molar-refractivity contribution in [2.75, 3.05) is 0 Å². The van der Waals surface area contributed by atoms with Crippen LogP contribution in [-0.2, 0) is 6.18 Å². The first-order chi connectivity index (χ1) is 9.77. The van der Waals surface area contributed by atoms with E-state index in [0.29, 0.717) is 10.8 Å². The fraction of sp³-hybridized carbons (Fsp3) is 0.0714. The predicted molar refractivity (Wildman–Crippen MR) is 74.0 cm³/mol. The summed E-state index contributed by atoms with van der Waals surface area (Å²) in [6.07, 6.45) is -4.51. The molecule has 0 amide bonds. The summed E-state index contributed by atoms with van der Waals surface area (Å²) >= 11 is 5.73. The van der Waals surface area contributed by atoms with Crippen molar-refractivity contribution in [1.82, 2.24) is 0 Å². The van der Waals surface area contributed by atoms with Crippen molar-refractivity contribution in [3.05, 3.63) is 58.6 Å². The van der Waals surface area contributed by atoms with Crippen molar-refractivity contribution in [2.45, 2.75) is 6.18 Å². The Hall–Kier alpha value is -2.21. The van der Waals surface area contributed by atoms with E-state index < -0.39 is 17.6 Å². The zero-order chi connectivity index (χ0) is 15.6. The molecule has 0 aliphatic heterocycles. The van der Waals surface area contributed by atoms with Crippen LogP contribution in [0.3, 0.4) is 0 Å². The van der Waals surface area contributed by atoms with Gasteiger partial charge < -0.3 is 10.5 Å². The molecule has 110 valence electrons. The van der Waals surface area contributed by atoms with E-state index in [4.69, 9.17) is 27.5 Å². The van der Waals surface area contributed by atoms with Crippen LogP contribution in [0.2, 0.25) is 5.02 Å². The van der Waals surface area contributed by atoms with Crippen LogP contribution in [0, 0.1) is 5.41 Å². The number of nitrogens with two attached hydrogens (primary N) is 1. The summed E-state index contributed by atoms with van der Waals surface area (Å²) < 4.78 is 43.4. The van der Waals surface area contributed by atoms with Gasteiger partial charge in [-0.25, -0.2) is 0 Å². The lowest BCUT2D eigenvalue weighted by Crippen LogP contribution is -2.14. The van der Waals surface area contributed by atoms with Crippen LogP contribution in [0.25, 0.3) is 0 Å². The average Bonchev–Trinajstić information content (AvgIpc) is 2.40. The van der Waals surface area contributed by atoms with Crippen LogP contribution in [0.1, 0.15) is 11.1 Å². The number of halogens is 4. The van der Waals surface area contributed by atoms with Gasteiger partial charge in [-0.1, -0.05) is 11.6 Å². The van der Waals surface area contributed by atoms with Gasteiger partial charge in [0.2, 0.25) is 0 Å². The molecule has 0 spiro atoms. The molecule has 7 heteroatoms. The van der Waals surface area contributed by atoms with Gasteiger partial charge >= 0.3 is 6.18 Å². The van der Waals surface area contributed by atoms with Gasteiger partial charge in [-0.2, -0.15) is 13.2 Å². The second-order valence-electron chi connectivity index (χ2n) is 4.18. The van der Waals surface area contributed by atoms with Gasteiger partial charge in [0.25, 0.3) is 0 Å². The number of ether oxygens (including phenoxy) is 1. The van der Waals surface area contributed by atoms with E-state index in [2.05, 4.69) is 0 Å². The molecule has 0 fully saturated rings. The molecule has 0 heterocycles. The number of hydrogen-bond donors (Lipinski definition) is 2. The van der Waals surface area contributed by atoms with E-state index in [1.165, 1.54) is 0 Å². The van der Waals surface area contributed by atoms with Gasteiger partial charge in [-0.3, -0.25) is 5.41 Å². The highest BCUT2D eigenvalue weighted by Crippen LogP contribution is 2.34. The first-order valence-corrected chi connectivity index (χ1v) is 6.14. The average molecular weight is 315 g/mol. The van der Waals surface area contributed by atoms with Crippen molar-refractivity contribution in [3.63, 3.8) is 0 Å². The predicted octanol–water partition coefficient (Wildman–Crippen LogP) is 4.44. The van der Waals surface area contributed by atoms with Gasteiger partial charge in [0, 0.05) is 5.02 Å². The molecule has 0 saturated carbocycles. The summed E-state index contributed by atoms with van der Waals surface area (Å²) in [5.74, 6) is -0.0652. The van der Waals surface area contributed by atoms with Crippen molar-refractivity contribution in [3.8, 4) is 11.5 Å². The zero-order valence-electron chi connectivity index (χ0n) is 10.5. The Morgan fingerprint density at radius 2 is 1.71 bits per heavy atom. The Bertz CT molecular complexity index is 669. The number of amidine groups is 1. The zero-order valence-corrected chi connectivity index (χ0v) is 11.3. The Morgan fingerprint density at radius 3 is 2.24 bits per heavy atom. The van der Waals surface area contributed by atoms with Crippen LogP contribution in [-0.4, -0.2) is 5.84 Å². The molecule has 0 saturated heterocycles. The fourth-order valence-corrected chi connectivity index (χ4v) is 1.76. The second-order valence-corrected chi connectivity index (χ2v) is 4.61. The quantitative estimate of drug-likeness (QED) is 0.650. The normalized spacial score (nSPS) is 11.2. The molecule has 0 aliphatic carbocycles. The summed E-state index contributed by atoms with van der Waals surface area (Å²) in [5.41, 5.74) is 4.30. The highest BCUT2D eigenvalue weighted by Gasteiger charge is 2.31. The molecule has 0 atom stereocenters. The van der Waals surface area contributed by atoms with Crippen LogP contribution in [0.15, 0.2) is 42.5 Å². The SMILES string of the molecule is N=C(N)c1cc(C(F)(F)F)ccc1Oc1ccc(Cl)cc1. The Balaban J connectivity index is 2.39. The highest BCUT2D eigenvalue weighted by molar-refractivity contribution is 6.30. The Morgan fingerprint density at radius 1 is 1.10 bits per heavy atom. The van der Waals surface area contributed by atoms with E-state index in [-0.39, 0.29) is 11.3 Å². The molecule has 2 aromatic rings. The molecule has 3 nitrogen and oxygen atoms in total. The van der Waals surface area contributed by atoms with Crippen LogP contribution < -0.4 is 10.5 Å². The molecule has 3 N–H and O–H groups in total. The van der Waals surface area contributed by atoms with Gasteiger partial charge in [-0.05, 0) is 42.5 Å². The van der Waals surface area contributed by atoms with Gasteiger partial charge in [0.05, 0.1) is 11.1 Å². The lowest BCUT2D eigenvalue weighted by atomic mass is 10.1. The largest absolute Gasteiger partial charge is 0.457 e. The lowest BCUT2D eigenvalue weighted by molar-refractivity contribution is -0.137. The summed E-state index contributed by atoms with van der Waals surface area (Å²) in [4.78, 5) is 0. The summed E-state index contributed by atoms with van der Waals surface area (Å²) in [6.45, 7) is 0. The van der Waals surface area contributed by atoms with Gasteiger partial charge in [-0.15, -0.1) is 0 Å². The lowest BCUT2D eigenvalue weighted by Gasteiger charge is -2.13. The van der Waals surface area contributed by atoms with E-state index in [9.17, 15) is 13.2 Å². The second kappa shape index (κ2) is 5.65. The van der Waals surface area contributed by atoms with Crippen molar-refractivity contribution in [1.29, 1.82) is 5.41 Å². The van der Waals surface area contributed by atoms with Gasteiger partial charge in [0.1, 0.15) is 17.3 Å². The van der Waals surface area contributed by atoms with Crippen molar-refractivity contribution < 1.29 is 17.9 Å². The third-order valence-corrected chi connectivity index (χ3v) is 2.89. The standard InChI is InChI=1S/C14H10ClF3N2O/c15-9-2-4-10(5-3-9)21-12-6-1-8(14(16,17)18)7-11(12)13(19)20/h1-7H,(H3,19,20). The number of nitrogens with one attached hydrogen (secondary N) is 1. The van der Waals surface area contributed by atoms with E-state index in [1.54, 1.807) is 24.3 Å².